The van der Waals surface area contributed by atoms with Gasteiger partial charge in [0, 0.05) is 34.3 Å². The molecular weight excluding hydrogens is 439 g/mol. The fourth-order valence-electron chi connectivity index (χ4n) is 2.29. The van der Waals surface area contributed by atoms with Crippen molar-refractivity contribution in [2.24, 2.45) is 0 Å². The number of halogens is 2. The molecule has 1 N–H and O–H groups in total. The van der Waals surface area contributed by atoms with Crippen molar-refractivity contribution in [1.82, 2.24) is 4.90 Å². The van der Waals surface area contributed by atoms with Crippen LogP contribution in [0.5, 0.6) is 0 Å². The minimum atomic E-state index is -0.200. The Labute approximate surface area is 160 Å². The van der Waals surface area contributed by atoms with Crippen LogP contribution in [0.2, 0.25) is 5.02 Å². The molecule has 0 heterocycles. The topological polar surface area (TPSA) is 49.4 Å². The van der Waals surface area contributed by atoms with E-state index < -0.39 is 0 Å². The number of amides is 2. The third kappa shape index (κ3) is 4.70. The number of carbonyl (C=O) groups excluding carboxylic acids is 2. The first-order valence-corrected chi connectivity index (χ1v) is 8.98. The lowest BCUT2D eigenvalue weighted by atomic mass is 10.1. The molecule has 0 bridgehead atoms. The molecular formula is C18H18ClIN2O2. The van der Waals surface area contributed by atoms with Crippen molar-refractivity contribution in [2.75, 3.05) is 11.9 Å². The molecule has 6 heteroatoms. The van der Waals surface area contributed by atoms with Crippen LogP contribution < -0.4 is 5.32 Å². The Morgan fingerprint density at radius 1 is 1.21 bits per heavy atom. The minimum absolute atomic E-state index is 0.00544. The molecule has 0 radical (unpaired) electrons. The monoisotopic (exact) mass is 456 g/mol. The molecule has 2 aromatic carbocycles. The van der Waals surface area contributed by atoms with E-state index in [-0.39, 0.29) is 11.8 Å². The zero-order chi connectivity index (χ0) is 17.7. The SMILES string of the molecule is CCN(Cc1ccccc1NC(=O)c1ccc(Cl)cc1I)C(C)=O. The van der Waals surface area contributed by atoms with E-state index in [1.54, 1.807) is 30.0 Å². The number of nitrogens with one attached hydrogen (secondary N) is 1. The lowest BCUT2D eigenvalue weighted by Gasteiger charge is -2.21. The van der Waals surface area contributed by atoms with Crippen LogP contribution in [0.25, 0.3) is 0 Å². The van der Waals surface area contributed by atoms with Crippen molar-refractivity contribution in [3.05, 3.63) is 62.2 Å². The maximum absolute atomic E-state index is 12.5. The Hall–Kier alpha value is -1.60. The molecule has 2 rings (SSSR count). The second kappa shape index (κ2) is 8.48. The van der Waals surface area contributed by atoms with Gasteiger partial charge in [0.1, 0.15) is 0 Å². The smallest absolute Gasteiger partial charge is 0.256 e. The molecule has 0 aliphatic carbocycles. The van der Waals surface area contributed by atoms with Crippen molar-refractivity contribution in [3.8, 4) is 0 Å². The van der Waals surface area contributed by atoms with E-state index in [0.29, 0.717) is 29.4 Å². The maximum Gasteiger partial charge on any atom is 0.256 e. The van der Waals surface area contributed by atoms with E-state index in [9.17, 15) is 9.59 Å². The van der Waals surface area contributed by atoms with Gasteiger partial charge >= 0.3 is 0 Å². The second-order valence-electron chi connectivity index (χ2n) is 5.27. The first kappa shape index (κ1) is 18.7. The fourth-order valence-corrected chi connectivity index (χ4v) is 3.41. The number of hydrogen-bond acceptors (Lipinski definition) is 2. The van der Waals surface area contributed by atoms with Crippen molar-refractivity contribution in [1.29, 1.82) is 0 Å². The van der Waals surface area contributed by atoms with E-state index in [1.807, 2.05) is 31.2 Å². The van der Waals surface area contributed by atoms with Gasteiger partial charge in [-0.25, -0.2) is 0 Å². The van der Waals surface area contributed by atoms with Crippen LogP contribution >= 0.6 is 34.2 Å². The molecule has 0 aromatic heterocycles. The minimum Gasteiger partial charge on any atom is -0.339 e. The predicted octanol–water partition coefficient (Wildman–Crippen LogP) is 4.57. The number of para-hydroxylation sites is 1. The Morgan fingerprint density at radius 3 is 2.54 bits per heavy atom. The van der Waals surface area contributed by atoms with Crippen molar-refractivity contribution < 1.29 is 9.59 Å². The van der Waals surface area contributed by atoms with Crippen molar-refractivity contribution in [3.63, 3.8) is 0 Å². The number of benzene rings is 2. The van der Waals surface area contributed by atoms with Gasteiger partial charge in [0.05, 0.1) is 5.56 Å². The van der Waals surface area contributed by atoms with E-state index in [4.69, 9.17) is 11.6 Å². The van der Waals surface area contributed by atoms with E-state index in [0.717, 1.165) is 9.13 Å². The van der Waals surface area contributed by atoms with Crippen LogP contribution in [-0.4, -0.2) is 23.3 Å². The first-order valence-electron chi connectivity index (χ1n) is 7.52. The van der Waals surface area contributed by atoms with Gasteiger partial charge in [0.15, 0.2) is 0 Å². The highest BCUT2D eigenvalue weighted by Crippen LogP contribution is 2.22. The standard InChI is InChI=1S/C18H18ClIN2O2/c1-3-22(12(2)23)11-13-6-4-5-7-17(13)21-18(24)15-9-8-14(19)10-16(15)20/h4-10H,3,11H2,1-2H3,(H,21,24). The zero-order valence-corrected chi connectivity index (χ0v) is 16.4. The zero-order valence-electron chi connectivity index (χ0n) is 13.5. The van der Waals surface area contributed by atoms with Crippen molar-refractivity contribution in [2.45, 2.75) is 20.4 Å². The predicted molar refractivity (Wildman–Crippen MR) is 105 cm³/mol. The van der Waals surface area contributed by atoms with Gasteiger partial charge in [-0.15, -0.1) is 0 Å². The summed E-state index contributed by atoms with van der Waals surface area (Å²) in [5.41, 5.74) is 2.16. The number of rotatable bonds is 5. The molecule has 24 heavy (non-hydrogen) atoms. The largest absolute Gasteiger partial charge is 0.339 e. The molecule has 4 nitrogen and oxygen atoms in total. The van der Waals surface area contributed by atoms with E-state index in [1.165, 1.54) is 0 Å². The number of nitrogens with zero attached hydrogens (tertiary/aromatic N) is 1. The summed E-state index contributed by atoms with van der Waals surface area (Å²) in [5, 5.41) is 3.52. The third-order valence-electron chi connectivity index (χ3n) is 3.63. The Kier molecular flexibility index (Phi) is 6.62. The molecule has 0 fully saturated rings. The van der Waals surface area contributed by atoms with Crippen LogP contribution in [-0.2, 0) is 11.3 Å². The van der Waals surface area contributed by atoms with Gasteiger partial charge < -0.3 is 10.2 Å². The second-order valence-corrected chi connectivity index (χ2v) is 6.87. The highest BCUT2D eigenvalue weighted by atomic mass is 127. The third-order valence-corrected chi connectivity index (χ3v) is 4.76. The van der Waals surface area contributed by atoms with Crippen LogP contribution in [0.3, 0.4) is 0 Å². The molecule has 2 aromatic rings. The molecule has 0 spiro atoms. The lowest BCUT2D eigenvalue weighted by Crippen LogP contribution is -2.28. The molecule has 0 aliphatic rings. The number of carbonyl (C=O) groups is 2. The first-order chi connectivity index (χ1) is 11.4. The molecule has 0 saturated carbocycles. The fraction of sp³-hybridized carbons (Fsp3) is 0.222. The molecule has 0 unspecified atom stereocenters. The lowest BCUT2D eigenvalue weighted by molar-refractivity contribution is -0.129. The Bertz CT molecular complexity index is 764. The number of anilines is 1. The summed E-state index contributed by atoms with van der Waals surface area (Å²) in [6.45, 7) is 4.55. The Balaban J connectivity index is 2.23. The van der Waals surface area contributed by atoms with Gasteiger partial charge in [-0.05, 0) is 59.3 Å². The average molecular weight is 457 g/mol. The summed E-state index contributed by atoms with van der Waals surface area (Å²) in [4.78, 5) is 25.9. The highest BCUT2D eigenvalue weighted by molar-refractivity contribution is 14.1. The van der Waals surface area contributed by atoms with Crippen LogP contribution in [0, 0.1) is 3.57 Å². The molecule has 0 atom stereocenters. The van der Waals surface area contributed by atoms with Gasteiger partial charge in [-0.3, -0.25) is 9.59 Å². The summed E-state index contributed by atoms with van der Waals surface area (Å²) >= 11 is 8.03. The number of hydrogen-bond donors (Lipinski definition) is 1. The molecule has 0 aliphatic heterocycles. The summed E-state index contributed by atoms with van der Waals surface area (Å²) < 4.78 is 0.786. The summed E-state index contributed by atoms with van der Waals surface area (Å²) in [7, 11) is 0. The van der Waals surface area contributed by atoms with Gasteiger partial charge in [0.2, 0.25) is 5.91 Å². The Morgan fingerprint density at radius 2 is 1.92 bits per heavy atom. The molecule has 2 amide bonds. The average Bonchev–Trinajstić information content (AvgIpc) is 2.53. The van der Waals surface area contributed by atoms with Gasteiger partial charge in [0.25, 0.3) is 5.91 Å². The summed E-state index contributed by atoms with van der Waals surface area (Å²) in [6.07, 6.45) is 0. The van der Waals surface area contributed by atoms with E-state index in [2.05, 4.69) is 27.9 Å². The van der Waals surface area contributed by atoms with E-state index >= 15 is 0 Å². The summed E-state index contributed by atoms with van der Waals surface area (Å²) in [6, 6.07) is 12.6. The van der Waals surface area contributed by atoms with Gasteiger partial charge in [-0.1, -0.05) is 29.8 Å². The normalized spacial score (nSPS) is 10.3. The van der Waals surface area contributed by atoms with Crippen LogP contribution in [0.1, 0.15) is 29.8 Å². The molecule has 0 saturated heterocycles. The van der Waals surface area contributed by atoms with Crippen LogP contribution in [0.4, 0.5) is 5.69 Å². The van der Waals surface area contributed by atoms with Crippen molar-refractivity contribution >= 4 is 51.7 Å². The molecule has 126 valence electrons. The maximum atomic E-state index is 12.5. The quantitative estimate of drug-likeness (QED) is 0.670. The highest BCUT2D eigenvalue weighted by Gasteiger charge is 2.14. The van der Waals surface area contributed by atoms with Crippen LogP contribution in [0.15, 0.2) is 42.5 Å². The van der Waals surface area contributed by atoms with Gasteiger partial charge in [-0.2, -0.15) is 0 Å². The summed E-state index contributed by atoms with van der Waals surface area (Å²) in [5.74, 6) is -0.194.